The maximum absolute atomic E-state index is 11.8. The lowest BCUT2D eigenvalue weighted by Gasteiger charge is -2.03. The Hall–Kier alpha value is -2.15. The topological polar surface area (TPSA) is 72.7 Å². The lowest BCUT2D eigenvalue weighted by Crippen LogP contribution is -2.30. The highest BCUT2D eigenvalue weighted by Gasteiger charge is 2.10. The van der Waals surface area contributed by atoms with Crippen molar-refractivity contribution in [3.63, 3.8) is 0 Å². The van der Waals surface area contributed by atoms with Gasteiger partial charge >= 0.3 is 5.69 Å². The molecule has 0 bridgehead atoms. The van der Waals surface area contributed by atoms with E-state index in [-0.39, 0.29) is 0 Å². The van der Waals surface area contributed by atoms with Gasteiger partial charge in [0.15, 0.2) is 0 Å². The Bertz CT molecular complexity index is 907. The molecule has 3 aromatic rings. The second-order valence-electron chi connectivity index (χ2n) is 4.45. The molecule has 0 amide bonds. The van der Waals surface area contributed by atoms with Crippen LogP contribution in [0.1, 0.15) is 5.69 Å². The molecule has 0 atom stereocenters. The minimum Gasteiger partial charge on any atom is -0.293 e. The van der Waals surface area contributed by atoms with Gasteiger partial charge < -0.3 is 0 Å². The summed E-state index contributed by atoms with van der Waals surface area (Å²) in [7, 11) is 1.86. The van der Waals surface area contributed by atoms with Crippen LogP contribution in [0.4, 0.5) is 0 Å². The highest BCUT2D eigenvalue weighted by molar-refractivity contribution is 9.10. The first-order valence-corrected chi connectivity index (χ1v) is 6.75. The Morgan fingerprint density at radius 3 is 2.85 bits per heavy atom. The van der Waals surface area contributed by atoms with Crippen molar-refractivity contribution in [3.8, 4) is 0 Å². The summed E-state index contributed by atoms with van der Waals surface area (Å²) in [6, 6.07) is 7.80. The quantitative estimate of drug-likeness (QED) is 0.766. The van der Waals surface area contributed by atoms with Gasteiger partial charge in [-0.15, -0.1) is 0 Å². The van der Waals surface area contributed by atoms with E-state index < -0.39 is 11.2 Å². The van der Waals surface area contributed by atoms with E-state index in [0.717, 1.165) is 16.6 Å². The number of rotatable bonds is 2. The van der Waals surface area contributed by atoms with Gasteiger partial charge in [-0.2, -0.15) is 5.10 Å². The van der Waals surface area contributed by atoms with Gasteiger partial charge in [-0.1, -0.05) is 18.2 Å². The Morgan fingerprint density at radius 1 is 1.30 bits per heavy atom. The fraction of sp³-hybridized carbons (Fsp3) is 0.154. The maximum atomic E-state index is 11.8. The van der Waals surface area contributed by atoms with Crippen LogP contribution in [0.2, 0.25) is 0 Å². The molecule has 1 N–H and O–H groups in total. The van der Waals surface area contributed by atoms with Gasteiger partial charge in [-0.25, -0.2) is 4.79 Å². The number of H-pyrrole nitrogens is 1. The molecular formula is C13H11BrN4O2. The third-order valence-corrected chi connectivity index (χ3v) is 3.69. The summed E-state index contributed by atoms with van der Waals surface area (Å²) in [5, 5.41) is 5.42. The molecule has 0 aliphatic heterocycles. The van der Waals surface area contributed by atoms with E-state index in [1.807, 2.05) is 31.3 Å². The van der Waals surface area contributed by atoms with Gasteiger partial charge in [0.05, 0.1) is 22.2 Å². The van der Waals surface area contributed by atoms with E-state index >= 15 is 0 Å². The summed E-state index contributed by atoms with van der Waals surface area (Å²) >= 11 is 3.12. The Kier molecular flexibility index (Phi) is 3.06. The SMILES string of the molecule is Cn1nc(Cn2cc(Br)c(=O)[nH]c2=O)c2ccccc21. The fourth-order valence-corrected chi connectivity index (χ4v) is 2.51. The largest absolute Gasteiger partial charge is 0.328 e. The van der Waals surface area contributed by atoms with Gasteiger partial charge in [0.2, 0.25) is 0 Å². The third kappa shape index (κ3) is 2.09. The van der Waals surface area contributed by atoms with E-state index in [0.29, 0.717) is 11.0 Å². The van der Waals surface area contributed by atoms with Crippen molar-refractivity contribution in [2.24, 2.45) is 7.05 Å². The van der Waals surface area contributed by atoms with E-state index in [2.05, 4.69) is 26.0 Å². The predicted molar refractivity (Wildman–Crippen MR) is 78.8 cm³/mol. The number of aromatic nitrogens is 4. The number of hydrogen-bond donors (Lipinski definition) is 1. The van der Waals surface area contributed by atoms with Crippen LogP contribution in [0.25, 0.3) is 10.9 Å². The number of aromatic amines is 1. The first-order valence-electron chi connectivity index (χ1n) is 5.96. The molecule has 0 spiro atoms. The number of benzene rings is 1. The molecule has 0 saturated carbocycles. The predicted octanol–water partition coefficient (Wildman–Crippen LogP) is 1.23. The maximum Gasteiger partial charge on any atom is 0.328 e. The highest BCUT2D eigenvalue weighted by Crippen LogP contribution is 2.17. The van der Waals surface area contributed by atoms with Gasteiger partial charge in [0.1, 0.15) is 0 Å². The van der Waals surface area contributed by atoms with Crippen molar-refractivity contribution in [1.82, 2.24) is 19.3 Å². The molecule has 0 aliphatic carbocycles. The van der Waals surface area contributed by atoms with Crippen LogP contribution in [0.3, 0.4) is 0 Å². The molecule has 1 aromatic carbocycles. The van der Waals surface area contributed by atoms with Crippen LogP contribution >= 0.6 is 15.9 Å². The van der Waals surface area contributed by atoms with Crippen LogP contribution in [0.5, 0.6) is 0 Å². The molecule has 0 fully saturated rings. The summed E-state index contributed by atoms with van der Waals surface area (Å²) in [4.78, 5) is 25.4. The zero-order valence-corrected chi connectivity index (χ0v) is 12.2. The van der Waals surface area contributed by atoms with Crippen molar-refractivity contribution >= 4 is 26.8 Å². The number of aryl methyl sites for hydroxylation is 1. The number of halogens is 1. The summed E-state index contributed by atoms with van der Waals surface area (Å²) in [5.74, 6) is 0. The molecule has 6 nitrogen and oxygen atoms in total. The lowest BCUT2D eigenvalue weighted by molar-refractivity contribution is 0.678. The van der Waals surface area contributed by atoms with Crippen molar-refractivity contribution in [2.75, 3.05) is 0 Å². The number of nitrogens with zero attached hydrogens (tertiary/aromatic N) is 3. The van der Waals surface area contributed by atoms with Crippen LogP contribution < -0.4 is 11.2 Å². The lowest BCUT2D eigenvalue weighted by atomic mass is 10.2. The van der Waals surface area contributed by atoms with Crippen molar-refractivity contribution < 1.29 is 0 Å². The average molecular weight is 335 g/mol. The highest BCUT2D eigenvalue weighted by atomic mass is 79.9. The number of para-hydroxylation sites is 1. The second kappa shape index (κ2) is 4.75. The molecule has 2 aromatic heterocycles. The second-order valence-corrected chi connectivity index (χ2v) is 5.31. The minimum absolute atomic E-state index is 0.301. The smallest absolute Gasteiger partial charge is 0.293 e. The number of hydrogen-bond acceptors (Lipinski definition) is 3. The van der Waals surface area contributed by atoms with E-state index in [4.69, 9.17) is 0 Å². The van der Waals surface area contributed by atoms with Gasteiger partial charge in [0, 0.05) is 18.6 Å². The monoisotopic (exact) mass is 334 g/mol. The number of nitrogens with one attached hydrogen (secondary N) is 1. The van der Waals surface area contributed by atoms with Crippen molar-refractivity contribution in [1.29, 1.82) is 0 Å². The molecule has 0 aliphatic rings. The first kappa shape index (κ1) is 12.9. The van der Waals surface area contributed by atoms with Crippen LogP contribution in [0, 0.1) is 0 Å². The first-order chi connectivity index (χ1) is 9.56. The Morgan fingerprint density at radius 2 is 2.05 bits per heavy atom. The Balaban J connectivity index is 2.13. The number of fused-ring (bicyclic) bond motifs is 1. The molecular weight excluding hydrogens is 324 g/mol. The zero-order chi connectivity index (χ0) is 14.3. The standard InChI is InChI=1S/C13H11BrN4O2/c1-17-11-5-3-2-4-8(11)10(16-17)7-18-6-9(14)12(19)15-13(18)20/h2-6H,7H2,1H3,(H,15,19,20). The van der Waals surface area contributed by atoms with Crippen molar-refractivity contribution in [3.05, 3.63) is 61.5 Å². The summed E-state index contributed by atoms with van der Waals surface area (Å²) in [6.07, 6.45) is 1.48. The molecule has 0 unspecified atom stereocenters. The molecule has 0 saturated heterocycles. The van der Waals surface area contributed by atoms with Gasteiger partial charge in [-0.3, -0.25) is 19.0 Å². The van der Waals surface area contributed by atoms with Crippen LogP contribution in [-0.2, 0) is 13.6 Å². The molecule has 0 radical (unpaired) electrons. The van der Waals surface area contributed by atoms with Crippen LogP contribution in [0.15, 0.2) is 44.5 Å². The summed E-state index contributed by atoms with van der Waals surface area (Å²) in [6.45, 7) is 0.301. The fourth-order valence-electron chi connectivity index (χ4n) is 2.17. The Labute approximate surface area is 121 Å². The third-order valence-electron chi connectivity index (χ3n) is 3.12. The molecule has 102 valence electrons. The summed E-state index contributed by atoms with van der Waals surface area (Å²) in [5.41, 5.74) is 0.897. The van der Waals surface area contributed by atoms with Crippen LogP contribution in [-0.4, -0.2) is 19.3 Å². The van der Waals surface area contributed by atoms with Gasteiger partial charge in [0.25, 0.3) is 5.56 Å². The molecule has 3 rings (SSSR count). The van der Waals surface area contributed by atoms with E-state index in [1.54, 1.807) is 4.68 Å². The minimum atomic E-state index is -0.451. The van der Waals surface area contributed by atoms with E-state index in [9.17, 15) is 9.59 Å². The molecule has 2 heterocycles. The normalized spacial score (nSPS) is 11.1. The van der Waals surface area contributed by atoms with E-state index in [1.165, 1.54) is 10.8 Å². The molecule has 7 heteroatoms. The average Bonchev–Trinajstić information content (AvgIpc) is 2.74. The van der Waals surface area contributed by atoms with Gasteiger partial charge in [-0.05, 0) is 22.0 Å². The molecule has 20 heavy (non-hydrogen) atoms. The zero-order valence-electron chi connectivity index (χ0n) is 10.6. The summed E-state index contributed by atoms with van der Waals surface area (Å²) < 4.78 is 3.51. The van der Waals surface area contributed by atoms with Crippen molar-refractivity contribution in [2.45, 2.75) is 6.54 Å².